The smallest absolute Gasteiger partial charge is 0.177 e. The lowest BCUT2D eigenvalue weighted by Gasteiger charge is -2.05. The van der Waals surface area contributed by atoms with Gasteiger partial charge in [0.25, 0.3) is 0 Å². The van der Waals surface area contributed by atoms with Gasteiger partial charge in [-0.3, -0.25) is 4.79 Å². The molecule has 0 amide bonds. The maximum atomic E-state index is 11.9. The second kappa shape index (κ2) is 6.11. The van der Waals surface area contributed by atoms with Gasteiger partial charge >= 0.3 is 0 Å². The van der Waals surface area contributed by atoms with Crippen LogP contribution in [-0.4, -0.2) is 39.4 Å². The Morgan fingerprint density at radius 3 is 2.44 bits per heavy atom. The van der Waals surface area contributed by atoms with Crippen molar-refractivity contribution >= 4 is 15.6 Å². The Bertz CT molecular complexity index is 532. The molecule has 0 N–H and O–H groups in total. The number of carbonyl (C=O) groups is 1. The summed E-state index contributed by atoms with van der Waals surface area (Å²) >= 11 is 0. The highest BCUT2D eigenvalue weighted by molar-refractivity contribution is 7.92. The third-order valence-electron chi connectivity index (χ3n) is 2.78. The van der Waals surface area contributed by atoms with Crippen molar-refractivity contribution in [2.24, 2.45) is 0 Å². The van der Waals surface area contributed by atoms with Crippen LogP contribution in [0.3, 0.4) is 0 Å². The van der Waals surface area contributed by atoms with E-state index in [1.807, 2.05) is 19.9 Å². The molecule has 0 saturated carbocycles. The summed E-state index contributed by atoms with van der Waals surface area (Å²) in [6.07, 6.45) is 0. The van der Waals surface area contributed by atoms with Gasteiger partial charge in [0.2, 0.25) is 0 Å². The van der Waals surface area contributed by atoms with Crippen LogP contribution in [0.25, 0.3) is 0 Å². The number of hydrogen-bond donors (Lipinski definition) is 0. The third-order valence-corrected chi connectivity index (χ3v) is 4.27. The zero-order valence-corrected chi connectivity index (χ0v) is 11.7. The minimum atomic E-state index is -3.39. The number of aryl methyl sites for hydroxylation is 2. The van der Waals surface area contributed by atoms with E-state index in [1.165, 1.54) is 7.11 Å². The molecular weight excluding hydrogens is 252 g/mol. The monoisotopic (exact) mass is 270 g/mol. The fourth-order valence-electron chi connectivity index (χ4n) is 1.48. The van der Waals surface area contributed by atoms with Gasteiger partial charge < -0.3 is 4.74 Å². The molecule has 1 aromatic carbocycles. The summed E-state index contributed by atoms with van der Waals surface area (Å²) < 4.78 is 28.0. The molecule has 0 aliphatic heterocycles. The lowest BCUT2D eigenvalue weighted by atomic mass is 10.0. The molecule has 0 unspecified atom stereocenters. The average molecular weight is 270 g/mol. The molecular formula is C13H18O4S. The average Bonchev–Trinajstić information content (AvgIpc) is 2.29. The number of Topliss-reactive ketones (excluding diaryl/α,β-unsaturated/α-hetero) is 1. The van der Waals surface area contributed by atoms with Crippen molar-refractivity contribution in [1.29, 1.82) is 0 Å². The maximum absolute atomic E-state index is 11.9. The molecule has 100 valence electrons. The van der Waals surface area contributed by atoms with Gasteiger partial charge in [-0.2, -0.15) is 0 Å². The molecule has 0 aliphatic rings. The number of carbonyl (C=O) groups excluding carboxylic acids is 1. The lowest BCUT2D eigenvalue weighted by molar-refractivity contribution is 0.102. The van der Waals surface area contributed by atoms with Gasteiger partial charge in [0.05, 0.1) is 12.4 Å². The van der Waals surface area contributed by atoms with Crippen molar-refractivity contribution in [2.45, 2.75) is 13.8 Å². The summed E-state index contributed by atoms with van der Waals surface area (Å²) in [6.45, 7) is 3.95. The second-order valence-electron chi connectivity index (χ2n) is 4.31. The van der Waals surface area contributed by atoms with E-state index in [-0.39, 0.29) is 18.1 Å². The number of benzene rings is 1. The summed E-state index contributed by atoms with van der Waals surface area (Å²) in [5, 5.41) is 0. The van der Waals surface area contributed by atoms with Gasteiger partial charge in [-0.25, -0.2) is 8.42 Å². The minimum absolute atomic E-state index is 0.114. The Kier molecular flexibility index (Phi) is 5.04. The van der Waals surface area contributed by atoms with Gasteiger partial charge in [-0.1, -0.05) is 12.1 Å². The van der Waals surface area contributed by atoms with E-state index in [1.54, 1.807) is 12.1 Å². The fourth-order valence-corrected chi connectivity index (χ4v) is 2.61. The largest absolute Gasteiger partial charge is 0.384 e. The molecule has 0 atom stereocenters. The van der Waals surface area contributed by atoms with Crippen LogP contribution >= 0.6 is 0 Å². The summed E-state index contributed by atoms with van der Waals surface area (Å²) in [7, 11) is -1.96. The van der Waals surface area contributed by atoms with E-state index in [0.29, 0.717) is 5.56 Å². The van der Waals surface area contributed by atoms with Crippen molar-refractivity contribution in [3.05, 3.63) is 34.9 Å². The predicted molar refractivity (Wildman–Crippen MR) is 70.8 cm³/mol. The van der Waals surface area contributed by atoms with Gasteiger partial charge in [-0.15, -0.1) is 0 Å². The molecule has 0 aromatic heterocycles. The highest BCUT2D eigenvalue weighted by atomic mass is 32.2. The number of methoxy groups -OCH3 is 1. The second-order valence-corrected chi connectivity index (χ2v) is 6.49. The van der Waals surface area contributed by atoms with Crippen molar-refractivity contribution in [2.75, 3.05) is 25.2 Å². The van der Waals surface area contributed by atoms with Gasteiger partial charge in [0.1, 0.15) is 5.75 Å². The first-order valence-electron chi connectivity index (χ1n) is 5.65. The topological polar surface area (TPSA) is 60.4 Å². The SMILES string of the molecule is COCCS(=O)(=O)CC(=O)c1ccc(C)c(C)c1. The van der Waals surface area contributed by atoms with E-state index in [0.717, 1.165) is 11.1 Å². The Balaban J connectivity index is 2.79. The van der Waals surface area contributed by atoms with E-state index in [2.05, 4.69) is 0 Å². The van der Waals surface area contributed by atoms with E-state index in [9.17, 15) is 13.2 Å². The normalized spacial score (nSPS) is 11.5. The quantitative estimate of drug-likeness (QED) is 0.736. The Labute approximate surface area is 108 Å². The molecule has 0 bridgehead atoms. The number of ether oxygens (including phenoxy) is 1. The van der Waals surface area contributed by atoms with Crippen molar-refractivity contribution in [1.82, 2.24) is 0 Å². The van der Waals surface area contributed by atoms with Crippen LogP contribution in [0.5, 0.6) is 0 Å². The van der Waals surface area contributed by atoms with Crippen molar-refractivity contribution < 1.29 is 17.9 Å². The molecule has 18 heavy (non-hydrogen) atoms. The van der Waals surface area contributed by atoms with E-state index in [4.69, 9.17) is 4.74 Å². The first-order chi connectivity index (χ1) is 8.35. The summed E-state index contributed by atoms with van der Waals surface area (Å²) in [4.78, 5) is 11.9. The predicted octanol–water partition coefficient (Wildman–Crippen LogP) is 1.55. The third kappa shape index (κ3) is 4.23. The van der Waals surface area contributed by atoms with Crippen LogP contribution < -0.4 is 0 Å². The van der Waals surface area contributed by atoms with Crippen LogP contribution in [0.4, 0.5) is 0 Å². The summed E-state index contributed by atoms with van der Waals surface area (Å²) in [5.41, 5.74) is 2.50. The van der Waals surface area contributed by atoms with Crippen molar-refractivity contribution in [3.8, 4) is 0 Å². The highest BCUT2D eigenvalue weighted by Crippen LogP contribution is 2.11. The van der Waals surface area contributed by atoms with Crippen LogP contribution in [0.1, 0.15) is 21.5 Å². The highest BCUT2D eigenvalue weighted by Gasteiger charge is 2.18. The van der Waals surface area contributed by atoms with Crippen LogP contribution in [-0.2, 0) is 14.6 Å². The molecule has 1 aromatic rings. The van der Waals surface area contributed by atoms with Gasteiger partial charge in [-0.05, 0) is 31.0 Å². The van der Waals surface area contributed by atoms with Crippen molar-refractivity contribution in [3.63, 3.8) is 0 Å². The Morgan fingerprint density at radius 1 is 1.22 bits per heavy atom. The molecule has 0 heterocycles. The summed E-state index contributed by atoms with van der Waals surface area (Å²) in [5.74, 6) is -0.951. The Hall–Kier alpha value is -1.20. The lowest BCUT2D eigenvalue weighted by Crippen LogP contribution is -2.21. The molecule has 5 heteroatoms. The standard InChI is InChI=1S/C13H18O4S/c1-10-4-5-12(8-11(10)2)13(14)9-18(15,16)7-6-17-3/h4-5,8H,6-7,9H2,1-3H3. The molecule has 0 saturated heterocycles. The zero-order valence-electron chi connectivity index (χ0n) is 10.9. The number of sulfone groups is 1. The molecule has 1 rings (SSSR count). The number of hydrogen-bond acceptors (Lipinski definition) is 4. The molecule has 0 aliphatic carbocycles. The first kappa shape index (κ1) is 14.9. The molecule has 4 nitrogen and oxygen atoms in total. The van der Waals surface area contributed by atoms with Gasteiger partial charge in [0.15, 0.2) is 15.6 Å². The van der Waals surface area contributed by atoms with Crippen LogP contribution in [0, 0.1) is 13.8 Å². The Morgan fingerprint density at radius 2 is 1.89 bits per heavy atom. The van der Waals surface area contributed by atoms with E-state index >= 15 is 0 Å². The minimum Gasteiger partial charge on any atom is -0.384 e. The molecule has 0 radical (unpaired) electrons. The summed E-state index contributed by atoms with van der Waals surface area (Å²) in [6, 6.07) is 5.21. The van der Waals surface area contributed by atoms with Gasteiger partial charge in [0, 0.05) is 12.7 Å². The molecule has 0 spiro atoms. The molecule has 0 fully saturated rings. The fraction of sp³-hybridized carbons (Fsp3) is 0.462. The first-order valence-corrected chi connectivity index (χ1v) is 7.47. The van der Waals surface area contributed by atoms with Crippen LogP contribution in [0.2, 0.25) is 0 Å². The zero-order chi connectivity index (χ0) is 13.8. The number of ketones is 1. The van der Waals surface area contributed by atoms with Crippen LogP contribution in [0.15, 0.2) is 18.2 Å². The maximum Gasteiger partial charge on any atom is 0.177 e. The number of rotatable bonds is 6. The van der Waals surface area contributed by atoms with E-state index < -0.39 is 15.6 Å².